The maximum Gasteiger partial charge on any atom is 0.309 e. The molecule has 0 unspecified atom stereocenters. The summed E-state index contributed by atoms with van der Waals surface area (Å²) in [5.41, 5.74) is 0.883. The molecule has 108 valence electrons. The van der Waals surface area contributed by atoms with Gasteiger partial charge in [-0.15, -0.1) is 0 Å². The van der Waals surface area contributed by atoms with Crippen molar-refractivity contribution in [3.05, 3.63) is 29.8 Å². The summed E-state index contributed by atoms with van der Waals surface area (Å²) in [6, 6.07) is 7.45. The van der Waals surface area contributed by atoms with Crippen LogP contribution in [0.25, 0.3) is 0 Å². The molecular formula is C15H19NO4. The summed E-state index contributed by atoms with van der Waals surface area (Å²) in [6.07, 6.45) is 2.82. The third-order valence-electron chi connectivity index (χ3n) is 3.45. The number of rotatable bonds is 6. The van der Waals surface area contributed by atoms with Crippen LogP contribution in [0.3, 0.4) is 0 Å². The van der Waals surface area contributed by atoms with Crippen molar-refractivity contribution in [1.29, 1.82) is 0 Å². The second kappa shape index (κ2) is 6.93. The Morgan fingerprint density at radius 1 is 1.30 bits per heavy atom. The Bertz CT molecular complexity index is 483. The molecule has 1 amide bonds. The van der Waals surface area contributed by atoms with Crippen LogP contribution in [0.1, 0.15) is 24.8 Å². The Kier molecular flexibility index (Phi) is 4.98. The molecule has 0 saturated heterocycles. The van der Waals surface area contributed by atoms with Gasteiger partial charge in [-0.25, -0.2) is 0 Å². The van der Waals surface area contributed by atoms with E-state index in [2.05, 4.69) is 5.32 Å². The van der Waals surface area contributed by atoms with E-state index in [-0.39, 0.29) is 24.4 Å². The average Bonchev–Trinajstić information content (AvgIpc) is 2.41. The van der Waals surface area contributed by atoms with E-state index in [9.17, 15) is 9.59 Å². The average molecular weight is 277 g/mol. The van der Waals surface area contributed by atoms with E-state index in [1.54, 1.807) is 7.11 Å². The molecule has 0 aromatic heterocycles. The number of carbonyl (C=O) groups excluding carboxylic acids is 2. The van der Waals surface area contributed by atoms with E-state index in [0.717, 1.165) is 30.6 Å². The maximum atomic E-state index is 11.6. The van der Waals surface area contributed by atoms with Gasteiger partial charge in [-0.05, 0) is 18.9 Å². The SMILES string of the molecule is COc1ccccc1CNC(=O)COC(=O)C1CCC1. The molecule has 20 heavy (non-hydrogen) atoms. The molecule has 0 radical (unpaired) electrons. The Morgan fingerprint density at radius 3 is 2.70 bits per heavy atom. The van der Waals surface area contributed by atoms with Crippen molar-refractivity contribution >= 4 is 11.9 Å². The molecule has 1 aromatic carbocycles. The zero-order valence-corrected chi connectivity index (χ0v) is 11.6. The molecule has 1 N–H and O–H groups in total. The Balaban J connectivity index is 1.73. The third kappa shape index (κ3) is 3.73. The van der Waals surface area contributed by atoms with Gasteiger partial charge in [0.25, 0.3) is 5.91 Å². The van der Waals surface area contributed by atoms with Crippen LogP contribution >= 0.6 is 0 Å². The normalized spacial score (nSPS) is 14.2. The molecule has 0 atom stereocenters. The van der Waals surface area contributed by atoms with Crippen LogP contribution in [-0.2, 0) is 20.9 Å². The summed E-state index contributed by atoms with van der Waals surface area (Å²) >= 11 is 0. The molecule has 0 aliphatic heterocycles. The highest BCUT2D eigenvalue weighted by atomic mass is 16.5. The third-order valence-corrected chi connectivity index (χ3v) is 3.45. The van der Waals surface area contributed by atoms with Gasteiger partial charge in [-0.3, -0.25) is 9.59 Å². The molecule has 1 aliphatic rings. The predicted octanol–water partition coefficient (Wildman–Crippen LogP) is 1.65. The molecule has 2 rings (SSSR count). The fraction of sp³-hybridized carbons (Fsp3) is 0.467. The molecule has 5 nitrogen and oxygen atoms in total. The van der Waals surface area contributed by atoms with Crippen molar-refractivity contribution < 1.29 is 19.1 Å². The number of hydrogen-bond acceptors (Lipinski definition) is 4. The van der Waals surface area contributed by atoms with Crippen LogP contribution in [0, 0.1) is 5.92 Å². The Hall–Kier alpha value is -2.04. The minimum absolute atomic E-state index is 0.00276. The second-order valence-electron chi connectivity index (χ2n) is 4.82. The first-order valence-corrected chi connectivity index (χ1v) is 6.76. The van der Waals surface area contributed by atoms with Crippen molar-refractivity contribution in [1.82, 2.24) is 5.32 Å². The maximum absolute atomic E-state index is 11.6. The van der Waals surface area contributed by atoms with E-state index < -0.39 is 0 Å². The topological polar surface area (TPSA) is 64.6 Å². The molecule has 5 heteroatoms. The first-order chi connectivity index (χ1) is 9.70. The molecular weight excluding hydrogens is 258 g/mol. The van der Waals surface area contributed by atoms with Gasteiger partial charge < -0.3 is 14.8 Å². The van der Waals surface area contributed by atoms with E-state index in [1.165, 1.54) is 0 Å². The highest BCUT2D eigenvalue weighted by Crippen LogP contribution is 2.27. The van der Waals surface area contributed by atoms with Gasteiger partial charge in [0.2, 0.25) is 0 Å². The van der Waals surface area contributed by atoms with Crippen molar-refractivity contribution in [2.75, 3.05) is 13.7 Å². The van der Waals surface area contributed by atoms with Crippen molar-refractivity contribution in [3.63, 3.8) is 0 Å². The van der Waals surface area contributed by atoms with Crippen LogP contribution in [-0.4, -0.2) is 25.6 Å². The quantitative estimate of drug-likeness (QED) is 0.803. The molecule has 1 fully saturated rings. The number of hydrogen-bond donors (Lipinski definition) is 1. The number of amides is 1. The van der Waals surface area contributed by atoms with Crippen LogP contribution in [0.4, 0.5) is 0 Å². The lowest BCUT2D eigenvalue weighted by Gasteiger charge is -2.22. The van der Waals surface area contributed by atoms with Crippen LogP contribution < -0.4 is 10.1 Å². The molecule has 1 aliphatic carbocycles. The summed E-state index contributed by atoms with van der Waals surface area (Å²) in [5.74, 6) is 0.156. The number of esters is 1. The lowest BCUT2D eigenvalue weighted by Crippen LogP contribution is -2.31. The van der Waals surface area contributed by atoms with Gasteiger partial charge in [0, 0.05) is 12.1 Å². The van der Waals surface area contributed by atoms with Crippen LogP contribution in [0.2, 0.25) is 0 Å². The Morgan fingerprint density at radius 2 is 2.05 bits per heavy atom. The number of carbonyl (C=O) groups is 2. The minimum Gasteiger partial charge on any atom is -0.496 e. The van der Waals surface area contributed by atoms with Crippen LogP contribution in [0.15, 0.2) is 24.3 Å². The summed E-state index contributed by atoms with van der Waals surface area (Å²) in [6.45, 7) is 0.133. The largest absolute Gasteiger partial charge is 0.496 e. The van der Waals surface area contributed by atoms with Gasteiger partial charge in [-0.2, -0.15) is 0 Å². The van der Waals surface area contributed by atoms with E-state index in [4.69, 9.17) is 9.47 Å². The highest BCUT2D eigenvalue weighted by Gasteiger charge is 2.26. The lowest BCUT2D eigenvalue weighted by atomic mass is 9.86. The van der Waals surface area contributed by atoms with E-state index >= 15 is 0 Å². The molecule has 0 spiro atoms. The molecule has 0 bridgehead atoms. The number of para-hydroxylation sites is 1. The number of ether oxygens (including phenoxy) is 2. The predicted molar refractivity (Wildman–Crippen MR) is 73.1 cm³/mol. The van der Waals surface area contributed by atoms with Gasteiger partial charge in [0.05, 0.1) is 13.0 Å². The standard InChI is InChI=1S/C15H19NO4/c1-19-13-8-3-2-5-12(13)9-16-14(17)10-20-15(18)11-6-4-7-11/h2-3,5,8,11H,4,6-7,9-10H2,1H3,(H,16,17). The number of benzene rings is 1. The first-order valence-electron chi connectivity index (χ1n) is 6.76. The summed E-state index contributed by atoms with van der Waals surface area (Å²) in [5, 5.41) is 2.71. The van der Waals surface area contributed by atoms with Gasteiger partial charge >= 0.3 is 5.97 Å². The lowest BCUT2D eigenvalue weighted by molar-refractivity contribution is -0.155. The summed E-state index contributed by atoms with van der Waals surface area (Å²) < 4.78 is 10.2. The molecule has 1 aromatic rings. The van der Waals surface area contributed by atoms with Crippen LogP contribution in [0.5, 0.6) is 5.75 Å². The monoisotopic (exact) mass is 277 g/mol. The van der Waals surface area contributed by atoms with Crippen molar-refractivity contribution in [3.8, 4) is 5.75 Å². The number of nitrogens with one attached hydrogen (secondary N) is 1. The minimum atomic E-state index is -0.302. The highest BCUT2D eigenvalue weighted by molar-refractivity contribution is 5.81. The number of methoxy groups -OCH3 is 1. The van der Waals surface area contributed by atoms with E-state index in [1.807, 2.05) is 24.3 Å². The van der Waals surface area contributed by atoms with Gasteiger partial charge in [0.15, 0.2) is 6.61 Å². The summed E-state index contributed by atoms with van der Waals surface area (Å²) in [4.78, 5) is 23.1. The zero-order chi connectivity index (χ0) is 14.4. The molecule has 1 saturated carbocycles. The fourth-order valence-electron chi connectivity index (χ4n) is 1.99. The fourth-order valence-corrected chi connectivity index (χ4v) is 1.99. The van der Waals surface area contributed by atoms with Crippen molar-refractivity contribution in [2.45, 2.75) is 25.8 Å². The smallest absolute Gasteiger partial charge is 0.309 e. The van der Waals surface area contributed by atoms with Gasteiger partial charge in [-0.1, -0.05) is 24.6 Å². The first kappa shape index (κ1) is 14.4. The van der Waals surface area contributed by atoms with Gasteiger partial charge in [0.1, 0.15) is 5.75 Å². The Labute approximate surface area is 118 Å². The zero-order valence-electron chi connectivity index (χ0n) is 11.6. The second-order valence-corrected chi connectivity index (χ2v) is 4.82. The van der Waals surface area contributed by atoms with E-state index in [0.29, 0.717) is 6.54 Å². The van der Waals surface area contributed by atoms with Crippen molar-refractivity contribution in [2.24, 2.45) is 5.92 Å². The summed E-state index contributed by atoms with van der Waals surface area (Å²) in [7, 11) is 1.58. The molecule has 0 heterocycles.